The molecule has 118 valence electrons. The lowest BCUT2D eigenvalue weighted by Crippen LogP contribution is -2.25. The molecule has 23 heavy (non-hydrogen) atoms. The fourth-order valence-electron chi connectivity index (χ4n) is 2.79. The lowest BCUT2D eigenvalue weighted by Gasteiger charge is -2.16. The first-order valence-corrected chi connectivity index (χ1v) is 7.81. The molecule has 0 aliphatic rings. The number of nitrogens with zero attached hydrogens (tertiary/aromatic N) is 2. The van der Waals surface area contributed by atoms with Gasteiger partial charge in [0.1, 0.15) is 5.69 Å². The molecule has 2 aromatic carbocycles. The Balaban J connectivity index is 2.33. The van der Waals surface area contributed by atoms with E-state index in [1.54, 1.807) is 4.68 Å². The second-order valence-electron chi connectivity index (χ2n) is 6.06. The summed E-state index contributed by atoms with van der Waals surface area (Å²) in [7, 11) is 0. The van der Waals surface area contributed by atoms with Crippen molar-refractivity contribution >= 4 is 5.69 Å². The Morgan fingerprint density at radius 1 is 0.957 bits per heavy atom. The zero-order valence-corrected chi connectivity index (χ0v) is 13.4. The van der Waals surface area contributed by atoms with Gasteiger partial charge < -0.3 is 5.73 Å². The first-order chi connectivity index (χ1) is 11.1. The number of aromatic nitrogens is 2. The van der Waals surface area contributed by atoms with E-state index in [1.165, 1.54) is 0 Å². The van der Waals surface area contributed by atoms with Crippen LogP contribution in [0.4, 0.5) is 5.69 Å². The van der Waals surface area contributed by atoms with Gasteiger partial charge in [-0.15, -0.1) is 0 Å². The topological polar surface area (TPSA) is 52.9 Å². The van der Waals surface area contributed by atoms with Gasteiger partial charge in [-0.2, -0.15) is 0 Å². The molecule has 4 nitrogen and oxygen atoms in total. The SMILES string of the molecule is CC(C)Cn1c(=O)c(N)c(-c2ccccc2)n1-c1ccccc1. The molecule has 0 aliphatic heterocycles. The summed E-state index contributed by atoms with van der Waals surface area (Å²) in [6, 6.07) is 19.7. The zero-order valence-electron chi connectivity index (χ0n) is 13.4. The van der Waals surface area contributed by atoms with Crippen molar-refractivity contribution in [1.82, 2.24) is 9.36 Å². The van der Waals surface area contributed by atoms with Crippen molar-refractivity contribution in [3.63, 3.8) is 0 Å². The Morgan fingerprint density at radius 3 is 2.09 bits per heavy atom. The predicted molar refractivity (Wildman–Crippen MR) is 94.7 cm³/mol. The molecule has 3 aromatic rings. The lowest BCUT2D eigenvalue weighted by atomic mass is 10.1. The summed E-state index contributed by atoms with van der Waals surface area (Å²) >= 11 is 0. The number of para-hydroxylation sites is 1. The normalized spacial score (nSPS) is 11.1. The van der Waals surface area contributed by atoms with Crippen LogP contribution in [0.5, 0.6) is 0 Å². The minimum atomic E-state index is -0.138. The van der Waals surface area contributed by atoms with E-state index in [4.69, 9.17) is 5.73 Å². The second-order valence-corrected chi connectivity index (χ2v) is 6.06. The summed E-state index contributed by atoms with van der Waals surface area (Å²) in [6.45, 7) is 4.80. The quantitative estimate of drug-likeness (QED) is 0.801. The van der Waals surface area contributed by atoms with E-state index in [9.17, 15) is 4.79 Å². The van der Waals surface area contributed by atoms with Gasteiger partial charge in [0.2, 0.25) is 0 Å². The van der Waals surface area contributed by atoms with Crippen molar-refractivity contribution in [1.29, 1.82) is 0 Å². The minimum Gasteiger partial charge on any atom is -0.392 e. The summed E-state index contributed by atoms with van der Waals surface area (Å²) in [6.07, 6.45) is 0. The highest BCUT2D eigenvalue weighted by molar-refractivity contribution is 5.74. The Hall–Kier alpha value is -2.75. The molecule has 4 heteroatoms. The van der Waals surface area contributed by atoms with Crippen molar-refractivity contribution in [2.45, 2.75) is 20.4 Å². The number of hydrogen-bond acceptors (Lipinski definition) is 2. The van der Waals surface area contributed by atoms with Crippen LogP contribution in [0.2, 0.25) is 0 Å². The van der Waals surface area contributed by atoms with E-state index < -0.39 is 0 Å². The van der Waals surface area contributed by atoms with Crippen LogP contribution in [0.15, 0.2) is 65.5 Å². The molecule has 0 saturated carbocycles. The third-order valence-electron chi connectivity index (χ3n) is 3.76. The van der Waals surface area contributed by atoms with Crippen LogP contribution in [-0.4, -0.2) is 9.36 Å². The molecule has 1 aromatic heterocycles. The first kappa shape index (κ1) is 15.2. The third kappa shape index (κ3) is 2.80. The van der Waals surface area contributed by atoms with Crippen molar-refractivity contribution in [3.05, 3.63) is 71.0 Å². The van der Waals surface area contributed by atoms with Gasteiger partial charge >= 0.3 is 0 Å². The van der Waals surface area contributed by atoms with Crippen molar-refractivity contribution in [2.75, 3.05) is 5.73 Å². The fraction of sp³-hybridized carbons (Fsp3) is 0.211. The van der Waals surface area contributed by atoms with Crippen LogP contribution < -0.4 is 11.3 Å². The van der Waals surface area contributed by atoms with E-state index in [2.05, 4.69) is 13.8 Å². The number of anilines is 1. The number of rotatable bonds is 4. The Kier molecular flexibility index (Phi) is 4.06. The van der Waals surface area contributed by atoms with Crippen LogP contribution in [0.25, 0.3) is 16.9 Å². The lowest BCUT2D eigenvalue weighted by molar-refractivity contribution is 0.443. The zero-order chi connectivity index (χ0) is 16.4. The Bertz CT molecular complexity index is 846. The fourth-order valence-corrected chi connectivity index (χ4v) is 2.79. The predicted octanol–water partition coefficient (Wildman–Crippen LogP) is 3.54. The van der Waals surface area contributed by atoms with Gasteiger partial charge in [0.25, 0.3) is 5.56 Å². The maximum Gasteiger partial charge on any atom is 0.290 e. The Morgan fingerprint density at radius 2 is 1.52 bits per heavy atom. The molecule has 0 aliphatic carbocycles. The molecule has 0 atom stereocenters. The van der Waals surface area contributed by atoms with Gasteiger partial charge in [-0.25, -0.2) is 9.36 Å². The van der Waals surface area contributed by atoms with E-state index >= 15 is 0 Å². The maximum atomic E-state index is 12.7. The molecular weight excluding hydrogens is 286 g/mol. The summed E-state index contributed by atoms with van der Waals surface area (Å²) in [4.78, 5) is 12.7. The maximum absolute atomic E-state index is 12.7. The second kappa shape index (κ2) is 6.16. The highest BCUT2D eigenvalue weighted by Gasteiger charge is 2.20. The molecule has 3 rings (SSSR count). The molecule has 1 heterocycles. The monoisotopic (exact) mass is 307 g/mol. The molecule has 0 spiro atoms. The number of nitrogen functional groups attached to an aromatic ring is 1. The average Bonchev–Trinajstić information content (AvgIpc) is 2.81. The first-order valence-electron chi connectivity index (χ1n) is 7.81. The van der Waals surface area contributed by atoms with E-state index in [-0.39, 0.29) is 5.56 Å². The molecular formula is C19H21N3O. The molecule has 0 unspecified atom stereocenters. The largest absolute Gasteiger partial charge is 0.392 e. The van der Waals surface area contributed by atoms with Crippen molar-refractivity contribution in [3.8, 4) is 16.9 Å². The minimum absolute atomic E-state index is 0.138. The van der Waals surface area contributed by atoms with Gasteiger partial charge in [0, 0.05) is 12.1 Å². The third-order valence-corrected chi connectivity index (χ3v) is 3.76. The van der Waals surface area contributed by atoms with Gasteiger partial charge in [-0.3, -0.25) is 4.79 Å². The Labute approximate surface area is 135 Å². The van der Waals surface area contributed by atoms with E-state index in [0.29, 0.717) is 18.2 Å². The molecule has 0 saturated heterocycles. The van der Waals surface area contributed by atoms with Gasteiger partial charge in [0.05, 0.1) is 11.4 Å². The van der Waals surface area contributed by atoms with Crippen LogP contribution in [0, 0.1) is 5.92 Å². The van der Waals surface area contributed by atoms with Crippen LogP contribution in [0.3, 0.4) is 0 Å². The average molecular weight is 307 g/mol. The van der Waals surface area contributed by atoms with Crippen molar-refractivity contribution in [2.24, 2.45) is 5.92 Å². The molecule has 2 N–H and O–H groups in total. The van der Waals surface area contributed by atoms with Crippen LogP contribution in [0.1, 0.15) is 13.8 Å². The molecule has 0 amide bonds. The smallest absolute Gasteiger partial charge is 0.290 e. The van der Waals surface area contributed by atoms with E-state index in [1.807, 2.05) is 65.3 Å². The standard InChI is InChI=1S/C19H21N3O/c1-14(2)13-21-19(23)17(20)18(15-9-5-3-6-10-15)22(21)16-11-7-4-8-12-16/h3-12,14H,13,20H2,1-2H3. The summed E-state index contributed by atoms with van der Waals surface area (Å²) < 4.78 is 3.67. The number of benzene rings is 2. The number of nitrogens with two attached hydrogens (primary N) is 1. The summed E-state index contributed by atoms with van der Waals surface area (Å²) in [5.74, 6) is 0.341. The molecule has 0 fully saturated rings. The van der Waals surface area contributed by atoms with Crippen LogP contribution in [-0.2, 0) is 6.54 Å². The van der Waals surface area contributed by atoms with Gasteiger partial charge in [0.15, 0.2) is 0 Å². The van der Waals surface area contributed by atoms with Gasteiger partial charge in [-0.05, 0) is 18.1 Å². The highest BCUT2D eigenvalue weighted by atomic mass is 16.1. The molecule has 0 radical (unpaired) electrons. The summed E-state index contributed by atoms with van der Waals surface area (Å²) in [5.41, 5.74) is 8.97. The summed E-state index contributed by atoms with van der Waals surface area (Å²) in [5, 5.41) is 0. The van der Waals surface area contributed by atoms with E-state index in [0.717, 1.165) is 16.9 Å². The number of hydrogen-bond donors (Lipinski definition) is 1. The highest BCUT2D eigenvalue weighted by Crippen LogP contribution is 2.27. The van der Waals surface area contributed by atoms with Gasteiger partial charge in [-0.1, -0.05) is 62.4 Å². The molecule has 0 bridgehead atoms. The van der Waals surface area contributed by atoms with Crippen LogP contribution >= 0.6 is 0 Å². The van der Waals surface area contributed by atoms with Crippen molar-refractivity contribution < 1.29 is 0 Å².